The van der Waals surface area contributed by atoms with E-state index in [1.807, 2.05) is 25.8 Å². The third-order valence-electron chi connectivity index (χ3n) is 4.98. The van der Waals surface area contributed by atoms with Crippen LogP contribution in [0.25, 0.3) is 0 Å². The summed E-state index contributed by atoms with van der Waals surface area (Å²) in [5.74, 6) is -0.580. The number of carbonyl (C=O) groups excluding carboxylic acids is 1. The van der Waals surface area contributed by atoms with E-state index in [-0.39, 0.29) is 12.2 Å². The van der Waals surface area contributed by atoms with Gasteiger partial charge in [-0.3, -0.25) is 0 Å². The second kappa shape index (κ2) is 9.11. The smallest absolute Gasteiger partial charge is 0.416 e. The molecule has 0 radical (unpaired) electrons. The first-order valence-corrected chi connectivity index (χ1v) is 9.23. The molecule has 0 atom stereocenters. The second-order valence-electron chi connectivity index (χ2n) is 6.86. The summed E-state index contributed by atoms with van der Waals surface area (Å²) in [6.45, 7) is 7.64. The Kier molecular flexibility index (Phi) is 7.06. The molecular weight excluding hydrogens is 381 g/mol. The molecule has 2 rings (SSSR count). The lowest BCUT2D eigenvalue weighted by Gasteiger charge is -2.15. The summed E-state index contributed by atoms with van der Waals surface area (Å²) in [5, 5.41) is 0. The standard InChI is InChI=1S/C22H25F3N2O2/c1-6-27(5)13-26-20-11-10-18(14(2)15(20)3)21(28)29-12-17-8-7-9-19(16(17)4)22(23,24)25/h7-11,13H,6,12H2,1-5H3. The van der Waals surface area contributed by atoms with E-state index >= 15 is 0 Å². The summed E-state index contributed by atoms with van der Waals surface area (Å²) in [6.07, 6.45) is -2.73. The molecule has 0 aliphatic heterocycles. The highest BCUT2D eigenvalue weighted by atomic mass is 19.4. The van der Waals surface area contributed by atoms with E-state index in [4.69, 9.17) is 4.74 Å². The topological polar surface area (TPSA) is 41.9 Å². The van der Waals surface area contributed by atoms with Gasteiger partial charge in [0, 0.05) is 13.6 Å². The molecule has 0 saturated carbocycles. The van der Waals surface area contributed by atoms with Crippen LogP contribution in [-0.4, -0.2) is 30.8 Å². The molecule has 0 aromatic heterocycles. The van der Waals surface area contributed by atoms with Crippen LogP contribution >= 0.6 is 0 Å². The van der Waals surface area contributed by atoms with E-state index in [9.17, 15) is 18.0 Å². The number of aliphatic imine (C=N–C) groups is 1. The van der Waals surface area contributed by atoms with Gasteiger partial charge in [-0.25, -0.2) is 9.79 Å². The molecule has 2 aromatic carbocycles. The zero-order valence-electron chi connectivity index (χ0n) is 17.2. The van der Waals surface area contributed by atoms with Gasteiger partial charge in [0.1, 0.15) is 6.61 Å². The van der Waals surface area contributed by atoms with Crippen molar-refractivity contribution >= 4 is 18.0 Å². The average molecular weight is 406 g/mol. The normalized spacial score (nSPS) is 11.7. The van der Waals surface area contributed by atoms with Crippen LogP contribution in [0.15, 0.2) is 35.3 Å². The monoisotopic (exact) mass is 406 g/mol. The summed E-state index contributed by atoms with van der Waals surface area (Å²) in [7, 11) is 1.91. The number of hydrogen-bond donors (Lipinski definition) is 0. The van der Waals surface area contributed by atoms with Gasteiger partial charge in [-0.1, -0.05) is 12.1 Å². The number of esters is 1. The Hall–Kier alpha value is -2.83. The van der Waals surface area contributed by atoms with Gasteiger partial charge < -0.3 is 9.64 Å². The molecule has 2 aromatic rings. The van der Waals surface area contributed by atoms with Crippen molar-refractivity contribution in [1.82, 2.24) is 4.90 Å². The molecule has 156 valence electrons. The quantitative estimate of drug-likeness (QED) is 0.356. The SMILES string of the molecule is CCN(C)C=Nc1ccc(C(=O)OCc2cccc(C(F)(F)F)c2C)c(C)c1C. The molecule has 29 heavy (non-hydrogen) atoms. The molecule has 0 fully saturated rings. The first-order valence-electron chi connectivity index (χ1n) is 9.23. The van der Waals surface area contributed by atoms with Crippen molar-refractivity contribution in [2.24, 2.45) is 4.99 Å². The van der Waals surface area contributed by atoms with E-state index < -0.39 is 17.7 Å². The van der Waals surface area contributed by atoms with Gasteiger partial charge in [-0.15, -0.1) is 0 Å². The third kappa shape index (κ3) is 5.37. The highest BCUT2D eigenvalue weighted by molar-refractivity contribution is 5.92. The zero-order valence-corrected chi connectivity index (χ0v) is 17.2. The lowest BCUT2D eigenvalue weighted by atomic mass is 10.0. The van der Waals surface area contributed by atoms with Gasteiger partial charge in [-0.05, 0) is 68.1 Å². The Morgan fingerprint density at radius 2 is 1.79 bits per heavy atom. The van der Waals surface area contributed by atoms with E-state index in [1.165, 1.54) is 19.1 Å². The summed E-state index contributed by atoms with van der Waals surface area (Å²) in [6, 6.07) is 7.21. The van der Waals surface area contributed by atoms with Crippen LogP contribution in [0.1, 0.15) is 45.1 Å². The van der Waals surface area contributed by atoms with Crippen LogP contribution in [0, 0.1) is 20.8 Å². The van der Waals surface area contributed by atoms with Gasteiger partial charge in [0.2, 0.25) is 0 Å². The molecule has 0 saturated heterocycles. The first-order chi connectivity index (χ1) is 13.6. The van der Waals surface area contributed by atoms with Crippen LogP contribution in [0.3, 0.4) is 0 Å². The number of ether oxygens (including phenoxy) is 1. The minimum absolute atomic E-state index is 0.0606. The van der Waals surface area contributed by atoms with E-state index in [0.29, 0.717) is 11.1 Å². The van der Waals surface area contributed by atoms with Crippen LogP contribution in [-0.2, 0) is 17.5 Å². The molecular formula is C22H25F3N2O2. The lowest BCUT2D eigenvalue weighted by Crippen LogP contribution is -2.14. The van der Waals surface area contributed by atoms with Gasteiger partial charge in [0.15, 0.2) is 0 Å². The molecule has 0 unspecified atom stereocenters. The fraction of sp³-hybridized carbons (Fsp3) is 0.364. The predicted octanol–water partition coefficient (Wildman–Crippen LogP) is 5.60. The Balaban J connectivity index is 2.18. The van der Waals surface area contributed by atoms with Crippen molar-refractivity contribution in [2.45, 2.75) is 40.5 Å². The Morgan fingerprint density at radius 1 is 1.10 bits per heavy atom. The molecule has 0 N–H and O–H groups in total. The predicted molar refractivity (Wildman–Crippen MR) is 108 cm³/mol. The molecule has 7 heteroatoms. The summed E-state index contributed by atoms with van der Waals surface area (Å²) >= 11 is 0. The van der Waals surface area contributed by atoms with Crippen molar-refractivity contribution in [1.29, 1.82) is 0 Å². The van der Waals surface area contributed by atoms with Gasteiger partial charge in [0.25, 0.3) is 0 Å². The highest BCUT2D eigenvalue weighted by Gasteiger charge is 2.32. The number of halogens is 3. The molecule has 4 nitrogen and oxygen atoms in total. The van der Waals surface area contributed by atoms with E-state index in [0.717, 1.165) is 29.4 Å². The fourth-order valence-corrected chi connectivity index (χ4v) is 2.78. The van der Waals surface area contributed by atoms with Crippen molar-refractivity contribution in [3.8, 4) is 0 Å². The molecule has 0 aliphatic rings. The molecule has 0 aliphatic carbocycles. The minimum Gasteiger partial charge on any atom is -0.457 e. The van der Waals surface area contributed by atoms with E-state index in [1.54, 1.807) is 25.4 Å². The van der Waals surface area contributed by atoms with Gasteiger partial charge in [0.05, 0.1) is 23.2 Å². The first kappa shape index (κ1) is 22.5. The van der Waals surface area contributed by atoms with Crippen LogP contribution in [0.5, 0.6) is 0 Å². The van der Waals surface area contributed by atoms with Crippen molar-refractivity contribution in [3.05, 3.63) is 63.7 Å². The van der Waals surface area contributed by atoms with Gasteiger partial charge in [-0.2, -0.15) is 13.2 Å². The summed E-state index contributed by atoms with van der Waals surface area (Å²) in [4.78, 5) is 18.9. The number of rotatable bonds is 6. The molecule has 0 bridgehead atoms. The highest BCUT2D eigenvalue weighted by Crippen LogP contribution is 2.33. The molecule has 0 amide bonds. The average Bonchev–Trinajstić information content (AvgIpc) is 2.66. The Bertz CT molecular complexity index is 921. The number of benzene rings is 2. The third-order valence-corrected chi connectivity index (χ3v) is 4.98. The van der Waals surface area contributed by atoms with Crippen LogP contribution in [0.2, 0.25) is 0 Å². The summed E-state index contributed by atoms with van der Waals surface area (Å²) < 4.78 is 44.4. The van der Waals surface area contributed by atoms with E-state index in [2.05, 4.69) is 4.99 Å². The fourth-order valence-electron chi connectivity index (χ4n) is 2.78. The maximum absolute atomic E-state index is 13.0. The molecule has 0 heterocycles. The maximum atomic E-state index is 13.0. The van der Waals surface area contributed by atoms with Crippen molar-refractivity contribution in [3.63, 3.8) is 0 Å². The Morgan fingerprint density at radius 3 is 2.41 bits per heavy atom. The van der Waals surface area contributed by atoms with Crippen molar-refractivity contribution < 1.29 is 22.7 Å². The van der Waals surface area contributed by atoms with Gasteiger partial charge >= 0.3 is 12.1 Å². The van der Waals surface area contributed by atoms with Crippen LogP contribution in [0.4, 0.5) is 18.9 Å². The minimum atomic E-state index is -4.44. The Labute approximate surface area is 169 Å². The summed E-state index contributed by atoms with van der Waals surface area (Å²) in [5.41, 5.74) is 2.34. The number of hydrogen-bond acceptors (Lipinski definition) is 3. The second-order valence-corrected chi connectivity index (χ2v) is 6.86. The lowest BCUT2D eigenvalue weighted by molar-refractivity contribution is -0.138. The zero-order chi connectivity index (χ0) is 21.8. The molecule has 0 spiro atoms. The largest absolute Gasteiger partial charge is 0.457 e. The van der Waals surface area contributed by atoms with Crippen molar-refractivity contribution in [2.75, 3.05) is 13.6 Å². The number of nitrogens with zero attached hydrogens (tertiary/aromatic N) is 2. The number of alkyl halides is 3. The number of carbonyl (C=O) groups is 1. The maximum Gasteiger partial charge on any atom is 0.416 e. The van der Waals surface area contributed by atoms with Crippen LogP contribution < -0.4 is 0 Å².